The Kier molecular flexibility index (Phi) is 4.08. The van der Waals surface area contributed by atoms with Crippen LogP contribution < -0.4 is 5.56 Å². The molecule has 2 atom stereocenters. The van der Waals surface area contributed by atoms with E-state index in [-0.39, 0.29) is 29.5 Å². The molecule has 2 heterocycles. The number of carbonyl (C=O) groups excluding carboxylic acids is 1. The number of nitrogens with one attached hydrogen (secondary N) is 1. The first-order chi connectivity index (χ1) is 11.3. The maximum Gasteiger partial charge on any atom is 0.393 e. The van der Waals surface area contributed by atoms with E-state index in [0.717, 1.165) is 4.90 Å². The fraction of sp³-hybridized carbons (Fsp3) is 0.375. The number of alkyl halides is 3. The largest absolute Gasteiger partial charge is 0.394 e. The Bertz CT molecular complexity index is 831. The van der Waals surface area contributed by atoms with E-state index in [0.29, 0.717) is 5.39 Å². The Morgan fingerprint density at radius 1 is 1.29 bits per heavy atom. The third kappa shape index (κ3) is 2.66. The highest BCUT2D eigenvalue weighted by Crippen LogP contribution is 2.38. The van der Waals surface area contributed by atoms with Gasteiger partial charge in [-0.3, -0.25) is 9.59 Å². The van der Waals surface area contributed by atoms with Crippen LogP contribution in [0.15, 0.2) is 35.3 Å². The number of aliphatic hydroxyl groups is 1. The molecule has 2 aromatic rings. The van der Waals surface area contributed by atoms with Crippen LogP contribution >= 0.6 is 0 Å². The number of hydrogen-bond donors (Lipinski definition) is 2. The van der Waals surface area contributed by atoms with Crippen molar-refractivity contribution in [2.75, 3.05) is 13.2 Å². The standard InChI is InChI=1S/C16H15F3N2O3/c17-16(18,19)12-5-6-21(13(12)8-22)15(24)11-7-20-14(23)10-4-2-1-3-9(10)11/h1-4,7,12-13,22H,5-6,8H2,(H,20,23)/t12-,13-/m1/s1. The van der Waals surface area contributed by atoms with Gasteiger partial charge in [-0.15, -0.1) is 0 Å². The number of fused-ring (bicyclic) bond motifs is 1. The maximum absolute atomic E-state index is 13.0. The summed E-state index contributed by atoms with van der Waals surface area (Å²) in [5.74, 6) is -2.38. The monoisotopic (exact) mass is 340 g/mol. The van der Waals surface area contributed by atoms with Gasteiger partial charge in [0.25, 0.3) is 11.5 Å². The first-order valence-corrected chi connectivity index (χ1v) is 7.43. The average Bonchev–Trinajstić information content (AvgIpc) is 2.99. The first kappa shape index (κ1) is 16.5. The number of nitrogens with zero attached hydrogens (tertiary/aromatic N) is 1. The van der Waals surface area contributed by atoms with Crippen LogP contribution in [0.3, 0.4) is 0 Å². The lowest BCUT2D eigenvalue weighted by atomic mass is 10.00. The molecule has 1 aliphatic heterocycles. The van der Waals surface area contributed by atoms with Crippen LogP contribution in [0.25, 0.3) is 10.8 Å². The van der Waals surface area contributed by atoms with Crippen molar-refractivity contribution >= 4 is 16.7 Å². The minimum Gasteiger partial charge on any atom is -0.394 e. The molecule has 1 aromatic carbocycles. The highest BCUT2D eigenvalue weighted by atomic mass is 19.4. The summed E-state index contributed by atoms with van der Waals surface area (Å²) < 4.78 is 39.1. The van der Waals surface area contributed by atoms with E-state index in [9.17, 15) is 27.9 Å². The molecular weight excluding hydrogens is 325 g/mol. The fourth-order valence-electron chi connectivity index (χ4n) is 3.25. The number of halogens is 3. The highest BCUT2D eigenvalue weighted by molar-refractivity contribution is 6.06. The van der Waals surface area contributed by atoms with E-state index < -0.39 is 30.7 Å². The molecule has 1 fully saturated rings. The van der Waals surface area contributed by atoms with Crippen molar-refractivity contribution in [1.29, 1.82) is 0 Å². The van der Waals surface area contributed by atoms with Gasteiger partial charge in [0.2, 0.25) is 0 Å². The molecule has 24 heavy (non-hydrogen) atoms. The summed E-state index contributed by atoms with van der Waals surface area (Å²) in [7, 11) is 0. The van der Waals surface area contributed by atoms with Crippen molar-refractivity contribution in [3.05, 3.63) is 46.4 Å². The quantitative estimate of drug-likeness (QED) is 0.877. The van der Waals surface area contributed by atoms with Crippen molar-refractivity contribution in [2.45, 2.75) is 18.6 Å². The van der Waals surface area contributed by atoms with E-state index in [2.05, 4.69) is 4.98 Å². The van der Waals surface area contributed by atoms with Crippen molar-refractivity contribution in [3.8, 4) is 0 Å². The van der Waals surface area contributed by atoms with Gasteiger partial charge in [0.1, 0.15) is 0 Å². The third-order valence-corrected chi connectivity index (χ3v) is 4.45. The van der Waals surface area contributed by atoms with Crippen LogP contribution in [0.5, 0.6) is 0 Å². The number of H-pyrrole nitrogens is 1. The summed E-state index contributed by atoms with van der Waals surface area (Å²) in [4.78, 5) is 28.0. The lowest BCUT2D eigenvalue weighted by Gasteiger charge is -2.28. The van der Waals surface area contributed by atoms with Gasteiger partial charge in [-0.25, -0.2) is 0 Å². The second kappa shape index (κ2) is 5.94. The number of hydrogen-bond acceptors (Lipinski definition) is 3. The molecule has 1 aliphatic rings. The molecule has 128 valence electrons. The molecule has 1 amide bonds. The maximum atomic E-state index is 13.0. The minimum atomic E-state index is -4.48. The summed E-state index contributed by atoms with van der Waals surface area (Å²) in [6.07, 6.45) is -3.51. The summed E-state index contributed by atoms with van der Waals surface area (Å²) >= 11 is 0. The molecule has 0 saturated carbocycles. The SMILES string of the molecule is O=C(c1c[nH]c(=O)c2ccccc12)N1CC[C@@H](C(F)(F)F)[C@H]1CO. The number of carbonyl (C=O) groups is 1. The molecule has 3 rings (SSSR count). The van der Waals surface area contributed by atoms with Crippen molar-refractivity contribution in [1.82, 2.24) is 9.88 Å². The zero-order valence-electron chi connectivity index (χ0n) is 12.5. The van der Waals surface area contributed by atoms with Crippen LogP contribution in [0.4, 0.5) is 13.2 Å². The lowest BCUT2D eigenvalue weighted by molar-refractivity contribution is -0.181. The van der Waals surface area contributed by atoms with E-state index >= 15 is 0 Å². The molecule has 0 radical (unpaired) electrons. The zero-order chi connectivity index (χ0) is 17.5. The number of aromatic nitrogens is 1. The number of amides is 1. The summed E-state index contributed by atoms with van der Waals surface area (Å²) in [6.45, 7) is -0.862. The van der Waals surface area contributed by atoms with Crippen LogP contribution in [-0.2, 0) is 0 Å². The number of benzene rings is 1. The van der Waals surface area contributed by atoms with E-state index in [1.807, 2.05) is 0 Å². The molecule has 0 bridgehead atoms. The van der Waals surface area contributed by atoms with Crippen molar-refractivity contribution in [3.63, 3.8) is 0 Å². The molecular formula is C16H15F3N2O3. The molecule has 5 nitrogen and oxygen atoms in total. The second-order valence-electron chi connectivity index (χ2n) is 5.76. The van der Waals surface area contributed by atoms with E-state index in [4.69, 9.17) is 0 Å². The van der Waals surface area contributed by atoms with Crippen molar-refractivity contribution < 1.29 is 23.1 Å². The lowest BCUT2D eigenvalue weighted by Crippen LogP contribution is -2.44. The number of aliphatic hydroxyl groups excluding tert-OH is 1. The van der Waals surface area contributed by atoms with E-state index in [1.165, 1.54) is 12.3 Å². The van der Waals surface area contributed by atoms with Crippen molar-refractivity contribution in [2.24, 2.45) is 5.92 Å². The molecule has 1 saturated heterocycles. The molecule has 0 unspecified atom stereocenters. The molecule has 8 heteroatoms. The van der Waals surface area contributed by atoms with Crippen LogP contribution in [0.2, 0.25) is 0 Å². The van der Waals surface area contributed by atoms with Crippen LogP contribution in [0, 0.1) is 5.92 Å². The van der Waals surface area contributed by atoms with Gasteiger partial charge in [-0.2, -0.15) is 13.2 Å². The van der Waals surface area contributed by atoms with E-state index in [1.54, 1.807) is 18.2 Å². The number of likely N-dealkylation sites (tertiary alicyclic amines) is 1. The van der Waals surface area contributed by atoms with Gasteiger partial charge in [0, 0.05) is 23.5 Å². The average molecular weight is 340 g/mol. The smallest absolute Gasteiger partial charge is 0.393 e. The first-order valence-electron chi connectivity index (χ1n) is 7.43. The minimum absolute atomic E-state index is 0.0955. The predicted molar refractivity (Wildman–Crippen MR) is 80.6 cm³/mol. The molecule has 1 aromatic heterocycles. The molecule has 2 N–H and O–H groups in total. The number of pyridine rings is 1. The van der Waals surface area contributed by atoms with Gasteiger partial charge in [0.05, 0.1) is 24.1 Å². The zero-order valence-corrected chi connectivity index (χ0v) is 12.5. The highest BCUT2D eigenvalue weighted by Gasteiger charge is 2.51. The van der Waals surface area contributed by atoms with Gasteiger partial charge in [0.15, 0.2) is 0 Å². The topological polar surface area (TPSA) is 73.4 Å². The fourth-order valence-corrected chi connectivity index (χ4v) is 3.25. The van der Waals surface area contributed by atoms with Gasteiger partial charge < -0.3 is 15.0 Å². The normalized spacial score (nSPS) is 21.4. The number of rotatable bonds is 2. The Morgan fingerprint density at radius 2 is 1.96 bits per heavy atom. The van der Waals surface area contributed by atoms with Crippen LogP contribution in [0.1, 0.15) is 16.8 Å². The predicted octanol–water partition coefficient (Wildman–Crippen LogP) is 1.91. The van der Waals surface area contributed by atoms with Gasteiger partial charge in [-0.05, 0) is 12.5 Å². The number of aromatic amines is 1. The van der Waals surface area contributed by atoms with Gasteiger partial charge in [-0.1, -0.05) is 18.2 Å². The second-order valence-corrected chi connectivity index (χ2v) is 5.76. The summed E-state index contributed by atoms with van der Waals surface area (Å²) in [5.41, 5.74) is -0.262. The Balaban J connectivity index is 2.01. The van der Waals surface area contributed by atoms with Crippen LogP contribution in [-0.4, -0.2) is 46.3 Å². The Labute approximate surface area is 134 Å². The Hall–Kier alpha value is -2.35. The summed E-state index contributed by atoms with van der Waals surface area (Å²) in [6, 6.07) is 5.07. The summed E-state index contributed by atoms with van der Waals surface area (Å²) in [5, 5.41) is 10.0. The van der Waals surface area contributed by atoms with Gasteiger partial charge >= 0.3 is 6.18 Å². The third-order valence-electron chi connectivity index (χ3n) is 4.45. The Morgan fingerprint density at radius 3 is 2.58 bits per heavy atom. The molecule has 0 aliphatic carbocycles. The molecule has 0 spiro atoms.